The second-order valence-electron chi connectivity index (χ2n) is 5.89. The molecule has 0 aromatic heterocycles. The van der Waals surface area contributed by atoms with E-state index in [0.29, 0.717) is 23.0 Å². The number of carbonyl (C=O) groups is 1. The van der Waals surface area contributed by atoms with Crippen LogP contribution in [0.5, 0.6) is 5.75 Å². The summed E-state index contributed by atoms with van der Waals surface area (Å²) in [6, 6.07) is 13.2. The van der Waals surface area contributed by atoms with Gasteiger partial charge in [-0.1, -0.05) is 37.6 Å². The van der Waals surface area contributed by atoms with E-state index in [1.807, 2.05) is 36.4 Å². The van der Waals surface area contributed by atoms with Crippen LogP contribution in [0.2, 0.25) is 5.02 Å². The van der Waals surface area contributed by atoms with E-state index in [4.69, 9.17) is 16.3 Å². The van der Waals surface area contributed by atoms with Crippen LogP contribution in [0.3, 0.4) is 0 Å². The monoisotopic (exact) mass is 331 g/mol. The van der Waals surface area contributed by atoms with Crippen LogP contribution in [0.25, 0.3) is 0 Å². The minimum absolute atomic E-state index is 0.0256. The van der Waals surface area contributed by atoms with E-state index in [-0.39, 0.29) is 5.91 Å². The largest absolute Gasteiger partial charge is 0.496 e. The molecule has 0 saturated carbocycles. The lowest BCUT2D eigenvalue weighted by molar-refractivity contribution is 0.0784. The van der Waals surface area contributed by atoms with Gasteiger partial charge in [0.15, 0.2) is 0 Å². The van der Waals surface area contributed by atoms with Gasteiger partial charge in [0.25, 0.3) is 5.91 Å². The van der Waals surface area contributed by atoms with Gasteiger partial charge in [-0.05, 0) is 41.8 Å². The summed E-state index contributed by atoms with van der Waals surface area (Å²) in [7, 11) is 3.39. The highest BCUT2D eigenvalue weighted by Gasteiger charge is 2.14. The average molecular weight is 332 g/mol. The Balaban J connectivity index is 2.15. The summed E-state index contributed by atoms with van der Waals surface area (Å²) in [6.45, 7) is 4.71. The highest BCUT2D eigenvalue weighted by molar-refractivity contribution is 6.30. The lowest BCUT2D eigenvalue weighted by atomic mass is 10.0. The van der Waals surface area contributed by atoms with Crippen LogP contribution in [-0.4, -0.2) is 25.0 Å². The molecule has 0 unspecified atom stereocenters. The molecule has 0 N–H and O–H groups in total. The van der Waals surface area contributed by atoms with E-state index in [9.17, 15) is 4.79 Å². The summed E-state index contributed by atoms with van der Waals surface area (Å²) in [5.74, 6) is 1.15. The molecular weight excluding hydrogens is 310 g/mol. The van der Waals surface area contributed by atoms with Crippen molar-refractivity contribution < 1.29 is 9.53 Å². The number of hydrogen-bond acceptors (Lipinski definition) is 2. The number of methoxy groups -OCH3 is 1. The first kappa shape index (κ1) is 17.4. The Morgan fingerprint density at radius 1 is 1.17 bits per heavy atom. The van der Waals surface area contributed by atoms with Crippen LogP contribution in [0.4, 0.5) is 0 Å². The minimum Gasteiger partial charge on any atom is -0.496 e. The summed E-state index contributed by atoms with van der Waals surface area (Å²) in [4.78, 5) is 14.2. The number of carbonyl (C=O) groups excluding carboxylic acids is 1. The van der Waals surface area contributed by atoms with E-state index in [1.54, 1.807) is 25.1 Å². The zero-order chi connectivity index (χ0) is 17.0. The first-order chi connectivity index (χ1) is 10.9. The molecule has 0 radical (unpaired) electrons. The number of ether oxygens (including phenoxy) is 1. The standard InChI is InChI=1S/C19H22ClNO2/c1-13(2)14-5-7-15(8-6-14)19(22)21(3)12-16-11-17(20)9-10-18(16)23-4/h5-11,13H,12H2,1-4H3. The summed E-state index contributed by atoms with van der Waals surface area (Å²) < 4.78 is 5.33. The molecule has 2 aromatic carbocycles. The number of benzene rings is 2. The summed E-state index contributed by atoms with van der Waals surface area (Å²) in [6.07, 6.45) is 0. The molecule has 23 heavy (non-hydrogen) atoms. The zero-order valence-corrected chi connectivity index (χ0v) is 14.7. The summed E-state index contributed by atoms with van der Waals surface area (Å²) >= 11 is 6.04. The summed E-state index contributed by atoms with van der Waals surface area (Å²) in [5, 5.41) is 0.628. The molecule has 0 saturated heterocycles. The number of amides is 1. The first-order valence-electron chi connectivity index (χ1n) is 7.60. The van der Waals surface area contributed by atoms with Crippen molar-refractivity contribution in [2.75, 3.05) is 14.2 Å². The molecular formula is C19H22ClNO2. The molecule has 2 aromatic rings. The number of rotatable bonds is 5. The van der Waals surface area contributed by atoms with E-state index in [2.05, 4.69) is 13.8 Å². The fourth-order valence-electron chi connectivity index (χ4n) is 2.43. The van der Waals surface area contributed by atoms with Crippen LogP contribution in [0.1, 0.15) is 41.3 Å². The predicted octanol–water partition coefficient (Wildman–Crippen LogP) is 4.74. The van der Waals surface area contributed by atoms with Crippen molar-refractivity contribution in [3.8, 4) is 5.75 Å². The third-order valence-corrected chi connectivity index (χ3v) is 4.06. The van der Waals surface area contributed by atoms with Gasteiger partial charge in [-0.15, -0.1) is 0 Å². The smallest absolute Gasteiger partial charge is 0.253 e. The van der Waals surface area contributed by atoms with Gasteiger partial charge in [0.1, 0.15) is 5.75 Å². The highest BCUT2D eigenvalue weighted by atomic mass is 35.5. The van der Waals surface area contributed by atoms with E-state index in [0.717, 1.165) is 11.3 Å². The van der Waals surface area contributed by atoms with Crippen LogP contribution >= 0.6 is 11.6 Å². The molecule has 0 aliphatic rings. The maximum absolute atomic E-state index is 12.6. The molecule has 4 heteroatoms. The van der Waals surface area contributed by atoms with Gasteiger partial charge in [0.05, 0.1) is 7.11 Å². The van der Waals surface area contributed by atoms with E-state index in [1.165, 1.54) is 5.56 Å². The molecule has 0 heterocycles. The maximum Gasteiger partial charge on any atom is 0.253 e. The third-order valence-electron chi connectivity index (χ3n) is 3.82. The van der Waals surface area contributed by atoms with Crippen molar-refractivity contribution in [3.05, 3.63) is 64.2 Å². The van der Waals surface area contributed by atoms with E-state index < -0.39 is 0 Å². The van der Waals surface area contributed by atoms with E-state index >= 15 is 0 Å². The molecule has 122 valence electrons. The number of halogens is 1. The van der Waals surface area contributed by atoms with Gasteiger partial charge < -0.3 is 9.64 Å². The number of nitrogens with zero attached hydrogens (tertiary/aromatic N) is 1. The molecule has 2 rings (SSSR count). The molecule has 3 nitrogen and oxygen atoms in total. The van der Waals surface area contributed by atoms with Gasteiger partial charge in [-0.3, -0.25) is 4.79 Å². The van der Waals surface area contributed by atoms with Crippen LogP contribution in [-0.2, 0) is 6.54 Å². The van der Waals surface area contributed by atoms with Crippen molar-refractivity contribution in [1.82, 2.24) is 4.90 Å². The van der Waals surface area contributed by atoms with Gasteiger partial charge in [0.2, 0.25) is 0 Å². The summed E-state index contributed by atoms with van der Waals surface area (Å²) in [5.41, 5.74) is 2.79. The Kier molecular flexibility index (Phi) is 5.67. The molecule has 0 aliphatic heterocycles. The van der Waals surface area contributed by atoms with Crippen molar-refractivity contribution >= 4 is 17.5 Å². The van der Waals surface area contributed by atoms with Gasteiger partial charge >= 0.3 is 0 Å². The lowest BCUT2D eigenvalue weighted by Crippen LogP contribution is -2.26. The first-order valence-corrected chi connectivity index (χ1v) is 7.98. The predicted molar refractivity (Wildman–Crippen MR) is 94.3 cm³/mol. The third kappa shape index (κ3) is 4.26. The molecule has 0 spiro atoms. The fraction of sp³-hybridized carbons (Fsp3) is 0.316. The zero-order valence-electron chi connectivity index (χ0n) is 14.0. The lowest BCUT2D eigenvalue weighted by Gasteiger charge is -2.19. The van der Waals surface area contributed by atoms with Crippen LogP contribution < -0.4 is 4.74 Å². The Labute approximate surface area is 142 Å². The maximum atomic E-state index is 12.6. The van der Waals surface area contributed by atoms with Crippen LogP contribution in [0, 0.1) is 0 Å². The van der Waals surface area contributed by atoms with Crippen molar-refractivity contribution in [2.45, 2.75) is 26.3 Å². The Morgan fingerprint density at radius 2 is 1.83 bits per heavy atom. The SMILES string of the molecule is COc1ccc(Cl)cc1CN(C)C(=O)c1ccc(C(C)C)cc1. The van der Waals surface area contributed by atoms with Gasteiger partial charge in [-0.2, -0.15) is 0 Å². The van der Waals surface area contributed by atoms with Gasteiger partial charge in [0, 0.05) is 29.7 Å². The molecule has 0 atom stereocenters. The second-order valence-corrected chi connectivity index (χ2v) is 6.33. The second kappa shape index (κ2) is 7.51. The normalized spacial score (nSPS) is 10.7. The van der Waals surface area contributed by atoms with Crippen LogP contribution in [0.15, 0.2) is 42.5 Å². The molecule has 1 amide bonds. The molecule has 0 bridgehead atoms. The average Bonchev–Trinajstić information content (AvgIpc) is 2.54. The Bertz CT molecular complexity index is 680. The van der Waals surface area contributed by atoms with Gasteiger partial charge in [-0.25, -0.2) is 0 Å². The molecule has 0 fully saturated rings. The topological polar surface area (TPSA) is 29.5 Å². The fourth-order valence-corrected chi connectivity index (χ4v) is 2.62. The Hall–Kier alpha value is -2.00. The highest BCUT2D eigenvalue weighted by Crippen LogP contribution is 2.24. The molecule has 0 aliphatic carbocycles. The quantitative estimate of drug-likeness (QED) is 0.791. The minimum atomic E-state index is -0.0256. The number of hydrogen-bond donors (Lipinski definition) is 0. The van der Waals surface area contributed by atoms with Crippen molar-refractivity contribution in [2.24, 2.45) is 0 Å². The van der Waals surface area contributed by atoms with Crippen molar-refractivity contribution in [1.29, 1.82) is 0 Å². The Morgan fingerprint density at radius 3 is 2.39 bits per heavy atom. The van der Waals surface area contributed by atoms with Crippen molar-refractivity contribution in [3.63, 3.8) is 0 Å².